The molecule has 9 nitrogen and oxygen atoms in total. The first kappa shape index (κ1) is 16.3. The van der Waals surface area contributed by atoms with E-state index in [1.165, 1.54) is 0 Å². The van der Waals surface area contributed by atoms with Crippen LogP contribution >= 0.6 is 0 Å². The van der Waals surface area contributed by atoms with E-state index in [1.807, 2.05) is 30.3 Å². The Morgan fingerprint density at radius 2 is 1.56 bits per heavy atom. The minimum absolute atomic E-state index is 0.775. The van der Waals surface area contributed by atoms with E-state index in [4.69, 9.17) is 0 Å². The van der Waals surface area contributed by atoms with Crippen LogP contribution in [0.5, 0.6) is 0 Å². The molecular weight excluding hydrogens is 342 g/mol. The number of nitrogens with one attached hydrogen (secondary N) is 3. The largest absolute Gasteiger partial charge is 0.343 e. The fourth-order valence-corrected chi connectivity index (χ4v) is 2.34. The Kier molecular flexibility index (Phi) is 4.74. The van der Waals surface area contributed by atoms with Crippen molar-refractivity contribution in [2.24, 2.45) is 0 Å². The van der Waals surface area contributed by atoms with Gasteiger partial charge in [0.15, 0.2) is 11.3 Å². The van der Waals surface area contributed by atoms with Crippen molar-refractivity contribution in [3.05, 3.63) is 74.0 Å². The van der Waals surface area contributed by atoms with E-state index in [1.54, 1.807) is 43.6 Å². The molecule has 6 rings (SSSR count). The SMILES string of the molecule is c1cc2nc[nH]c2cn1.c1cnc2[nH]ncc2c1.c1cnc2nc[nH]c2c1. The Morgan fingerprint density at radius 1 is 0.704 bits per heavy atom. The van der Waals surface area contributed by atoms with E-state index in [-0.39, 0.29) is 0 Å². The number of rotatable bonds is 0. The lowest BCUT2D eigenvalue weighted by atomic mass is 10.4. The predicted octanol–water partition coefficient (Wildman–Crippen LogP) is 2.87. The van der Waals surface area contributed by atoms with Gasteiger partial charge in [-0.2, -0.15) is 5.10 Å². The van der Waals surface area contributed by atoms with Crippen molar-refractivity contribution in [1.29, 1.82) is 0 Å². The third kappa shape index (κ3) is 3.93. The lowest BCUT2D eigenvalue weighted by Gasteiger charge is -1.80. The maximum Gasteiger partial charge on any atom is 0.177 e. The maximum absolute atomic E-state index is 4.02. The topological polar surface area (TPSA) is 125 Å². The predicted molar refractivity (Wildman–Crippen MR) is 102 cm³/mol. The van der Waals surface area contributed by atoms with Gasteiger partial charge in [-0.1, -0.05) is 0 Å². The van der Waals surface area contributed by atoms with Crippen LogP contribution in [0.25, 0.3) is 33.2 Å². The summed E-state index contributed by atoms with van der Waals surface area (Å²) in [6.45, 7) is 0. The highest BCUT2D eigenvalue weighted by Gasteiger charge is 1.91. The molecule has 9 heteroatoms. The molecule has 0 aromatic carbocycles. The van der Waals surface area contributed by atoms with Gasteiger partial charge in [-0.25, -0.2) is 19.9 Å². The van der Waals surface area contributed by atoms with Gasteiger partial charge in [-0.05, 0) is 30.3 Å². The van der Waals surface area contributed by atoms with Gasteiger partial charge in [0.25, 0.3) is 0 Å². The highest BCUT2D eigenvalue weighted by atomic mass is 15.1. The Bertz CT molecular complexity index is 1000. The molecule has 0 unspecified atom stereocenters. The summed E-state index contributed by atoms with van der Waals surface area (Å²) < 4.78 is 0. The fraction of sp³-hybridized carbons (Fsp3) is 0. The van der Waals surface area contributed by atoms with Gasteiger partial charge in [0.2, 0.25) is 0 Å². The van der Waals surface area contributed by atoms with Gasteiger partial charge >= 0.3 is 0 Å². The number of nitrogens with zero attached hydrogens (tertiary/aromatic N) is 6. The summed E-state index contributed by atoms with van der Waals surface area (Å²) in [5.41, 5.74) is 4.55. The molecule has 0 aliphatic rings. The van der Waals surface area contributed by atoms with Gasteiger partial charge in [0.1, 0.15) is 0 Å². The maximum atomic E-state index is 4.02. The number of hydrogen-bond acceptors (Lipinski definition) is 6. The molecule has 6 aromatic heterocycles. The third-order valence-electron chi connectivity index (χ3n) is 3.63. The molecule has 6 heterocycles. The minimum atomic E-state index is 0.775. The standard InChI is InChI=1S/3C6H5N3/c1-2-7-3-6-5(1)8-4-9-6;1-2-5-6(7-3-1)9-4-8-5;1-2-5-4-8-9-6(5)7-3-1/h1-4H,(H,8,9);2*1-4H,(H,7,8,9). The molecule has 0 saturated heterocycles. The fourth-order valence-electron chi connectivity index (χ4n) is 2.34. The van der Waals surface area contributed by atoms with Crippen molar-refractivity contribution < 1.29 is 0 Å². The number of pyridine rings is 3. The summed E-state index contributed by atoms with van der Waals surface area (Å²) in [5, 5.41) is 7.63. The van der Waals surface area contributed by atoms with Gasteiger partial charge in [0.05, 0.1) is 41.6 Å². The zero-order chi connectivity index (χ0) is 18.3. The second-order valence-corrected chi connectivity index (χ2v) is 5.38. The average molecular weight is 357 g/mol. The summed E-state index contributed by atoms with van der Waals surface area (Å²) in [4.78, 5) is 25.8. The van der Waals surface area contributed by atoms with Crippen LogP contribution in [0.4, 0.5) is 0 Å². The van der Waals surface area contributed by atoms with Crippen molar-refractivity contribution in [2.75, 3.05) is 0 Å². The monoisotopic (exact) mass is 357 g/mol. The summed E-state index contributed by atoms with van der Waals surface area (Å²) in [7, 11) is 0. The van der Waals surface area contributed by atoms with Crippen LogP contribution in [0.1, 0.15) is 0 Å². The molecule has 27 heavy (non-hydrogen) atoms. The van der Waals surface area contributed by atoms with Gasteiger partial charge in [-0.3, -0.25) is 10.1 Å². The zero-order valence-corrected chi connectivity index (χ0v) is 14.1. The van der Waals surface area contributed by atoms with Gasteiger partial charge in [-0.15, -0.1) is 0 Å². The normalized spacial score (nSPS) is 10.2. The zero-order valence-electron chi connectivity index (χ0n) is 14.1. The quantitative estimate of drug-likeness (QED) is 0.384. The molecule has 0 spiro atoms. The molecule has 0 saturated carbocycles. The second-order valence-electron chi connectivity index (χ2n) is 5.38. The Labute approximate surface area is 153 Å². The lowest BCUT2D eigenvalue weighted by Crippen LogP contribution is -1.71. The van der Waals surface area contributed by atoms with Gasteiger partial charge < -0.3 is 9.97 Å². The average Bonchev–Trinajstić information content (AvgIpc) is 3.48. The number of aromatic nitrogens is 9. The number of aromatic amines is 3. The van der Waals surface area contributed by atoms with Crippen LogP contribution in [0, 0.1) is 0 Å². The number of fused-ring (bicyclic) bond motifs is 3. The van der Waals surface area contributed by atoms with Crippen molar-refractivity contribution in [1.82, 2.24) is 45.1 Å². The van der Waals surface area contributed by atoms with Crippen LogP contribution in [0.2, 0.25) is 0 Å². The van der Waals surface area contributed by atoms with Crippen LogP contribution in [0.15, 0.2) is 74.0 Å². The Hall–Kier alpha value is -4.14. The van der Waals surface area contributed by atoms with E-state index in [2.05, 4.69) is 45.1 Å². The molecule has 3 N–H and O–H groups in total. The first-order valence-corrected chi connectivity index (χ1v) is 8.11. The van der Waals surface area contributed by atoms with E-state index in [9.17, 15) is 0 Å². The highest BCUT2D eigenvalue weighted by Crippen LogP contribution is 2.04. The van der Waals surface area contributed by atoms with Crippen LogP contribution < -0.4 is 0 Å². The Balaban J connectivity index is 0.0000001000. The molecule has 0 amide bonds. The molecule has 132 valence electrons. The molecule has 0 bridgehead atoms. The first-order valence-electron chi connectivity index (χ1n) is 8.11. The van der Waals surface area contributed by atoms with E-state index in [0.717, 1.165) is 33.2 Å². The van der Waals surface area contributed by atoms with Crippen LogP contribution in [-0.2, 0) is 0 Å². The summed E-state index contributed by atoms with van der Waals surface area (Å²) in [6.07, 6.45) is 12.0. The molecule has 0 radical (unpaired) electrons. The van der Waals surface area contributed by atoms with Crippen molar-refractivity contribution in [3.63, 3.8) is 0 Å². The number of hydrogen-bond donors (Lipinski definition) is 3. The summed E-state index contributed by atoms with van der Waals surface area (Å²) in [5.74, 6) is 0. The smallest absolute Gasteiger partial charge is 0.177 e. The van der Waals surface area contributed by atoms with E-state index < -0.39 is 0 Å². The first-order chi connectivity index (χ1) is 13.4. The molecular formula is C18H15N9. The minimum Gasteiger partial charge on any atom is -0.343 e. The summed E-state index contributed by atoms with van der Waals surface area (Å²) in [6, 6.07) is 9.53. The van der Waals surface area contributed by atoms with E-state index in [0.29, 0.717) is 0 Å². The highest BCUT2D eigenvalue weighted by molar-refractivity contribution is 5.73. The summed E-state index contributed by atoms with van der Waals surface area (Å²) >= 11 is 0. The second kappa shape index (κ2) is 7.83. The molecule has 0 fully saturated rings. The molecule has 0 aliphatic heterocycles. The number of imidazole rings is 2. The van der Waals surface area contributed by atoms with Gasteiger partial charge in [0, 0.05) is 24.0 Å². The molecule has 0 aliphatic carbocycles. The van der Waals surface area contributed by atoms with Crippen LogP contribution in [-0.4, -0.2) is 45.1 Å². The molecule has 0 atom stereocenters. The molecule has 6 aromatic rings. The Morgan fingerprint density at radius 3 is 2.44 bits per heavy atom. The number of H-pyrrole nitrogens is 3. The lowest BCUT2D eigenvalue weighted by molar-refractivity contribution is 1.10. The van der Waals surface area contributed by atoms with E-state index >= 15 is 0 Å². The third-order valence-corrected chi connectivity index (χ3v) is 3.63. The van der Waals surface area contributed by atoms with Crippen LogP contribution in [0.3, 0.4) is 0 Å². The van der Waals surface area contributed by atoms with Crippen molar-refractivity contribution in [3.8, 4) is 0 Å². The van der Waals surface area contributed by atoms with Crippen molar-refractivity contribution in [2.45, 2.75) is 0 Å². The van der Waals surface area contributed by atoms with Crippen molar-refractivity contribution >= 4 is 33.2 Å².